The van der Waals surface area contributed by atoms with Crippen molar-refractivity contribution in [2.24, 2.45) is 11.7 Å². The Balaban J connectivity index is 2.10. The summed E-state index contributed by atoms with van der Waals surface area (Å²) in [6.45, 7) is 3.48. The van der Waals surface area contributed by atoms with Crippen molar-refractivity contribution >= 4 is 21.8 Å². The molecule has 0 unspecified atom stereocenters. The molecule has 1 saturated heterocycles. The van der Waals surface area contributed by atoms with Gasteiger partial charge < -0.3 is 10.6 Å². The number of amides is 1. The number of unbranched alkanes of at least 4 members (excludes halogenated alkanes) is 1. The van der Waals surface area contributed by atoms with Crippen LogP contribution >= 0.6 is 15.9 Å². The van der Waals surface area contributed by atoms with Crippen LogP contribution in [0.4, 0.5) is 0 Å². The van der Waals surface area contributed by atoms with E-state index >= 15 is 0 Å². The first-order valence-corrected chi connectivity index (χ1v) is 6.91. The van der Waals surface area contributed by atoms with Crippen molar-refractivity contribution in [1.82, 2.24) is 4.90 Å². The van der Waals surface area contributed by atoms with Gasteiger partial charge in [-0.05, 0) is 51.2 Å². The van der Waals surface area contributed by atoms with Gasteiger partial charge in [-0.3, -0.25) is 4.79 Å². The number of halogens is 1. The maximum absolute atomic E-state index is 10.8. The molecule has 0 aliphatic carbocycles. The third-order valence-corrected chi connectivity index (χ3v) is 3.62. The summed E-state index contributed by atoms with van der Waals surface area (Å²) in [6, 6.07) is 0. The number of likely N-dealkylation sites (tertiary alicyclic amines) is 1. The minimum Gasteiger partial charge on any atom is -0.370 e. The molecule has 0 spiro atoms. The van der Waals surface area contributed by atoms with Gasteiger partial charge in [0.05, 0.1) is 0 Å². The molecule has 1 aliphatic heterocycles. The number of piperidine rings is 1. The van der Waals surface area contributed by atoms with E-state index in [2.05, 4.69) is 20.8 Å². The number of nitrogens with zero attached hydrogens (tertiary/aromatic N) is 1. The summed E-state index contributed by atoms with van der Waals surface area (Å²) in [5.74, 6) is 0.391. The third-order valence-electron chi connectivity index (χ3n) is 3.05. The quantitative estimate of drug-likeness (QED) is 0.594. The third kappa shape index (κ3) is 5.52. The molecule has 88 valence electrons. The molecule has 2 N–H and O–H groups in total. The second-order valence-corrected chi connectivity index (χ2v) is 5.14. The van der Waals surface area contributed by atoms with Gasteiger partial charge in [0.25, 0.3) is 0 Å². The lowest BCUT2D eigenvalue weighted by atomic mass is 9.93. The van der Waals surface area contributed by atoms with Crippen molar-refractivity contribution in [3.63, 3.8) is 0 Å². The Morgan fingerprint density at radius 2 is 2.00 bits per heavy atom. The molecule has 0 atom stereocenters. The lowest BCUT2D eigenvalue weighted by Crippen LogP contribution is -2.35. The molecule has 1 fully saturated rings. The summed E-state index contributed by atoms with van der Waals surface area (Å²) in [4.78, 5) is 13.3. The smallest absolute Gasteiger partial charge is 0.217 e. The fourth-order valence-electron chi connectivity index (χ4n) is 2.13. The number of rotatable bonds is 6. The standard InChI is InChI=1S/C11H21BrN2O/c12-5-1-2-6-14-7-3-10(4-8-14)9-11(13)15/h10H,1-9H2,(H2,13,15). The number of primary amides is 1. The molecule has 1 aliphatic rings. The van der Waals surface area contributed by atoms with E-state index < -0.39 is 0 Å². The summed E-state index contributed by atoms with van der Waals surface area (Å²) < 4.78 is 0. The maximum atomic E-state index is 10.8. The molecule has 0 aromatic rings. The fraction of sp³-hybridized carbons (Fsp3) is 0.909. The number of carbonyl (C=O) groups is 1. The van der Waals surface area contributed by atoms with Crippen LogP contribution < -0.4 is 5.73 Å². The van der Waals surface area contributed by atoms with Gasteiger partial charge in [0.15, 0.2) is 0 Å². The molecule has 0 radical (unpaired) electrons. The highest BCUT2D eigenvalue weighted by molar-refractivity contribution is 9.09. The highest BCUT2D eigenvalue weighted by Gasteiger charge is 2.19. The van der Waals surface area contributed by atoms with E-state index in [-0.39, 0.29) is 5.91 Å². The second-order valence-electron chi connectivity index (χ2n) is 4.35. The van der Waals surface area contributed by atoms with Crippen molar-refractivity contribution in [2.75, 3.05) is 25.0 Å². The first kappa shape index (κ1) is 13.0. The summed E-state index contributed by atoms with van der Waals surface area (Å²) >= 11 is 3.44. The number of nitrogens with two attached hydrogens (primary N) is 1. The minimum absolute atomic E-state index is 0.146. The SMILES string of the molecule is NC(=O)CC1CCN(CCCCBr)CC1. The molecule has 0 aromatic carbocycles. The summed E-state index contributed by atoms with van der Waals surface area (Å²) in [5.41, 5.74) is 5.20. The number of hydrogen-bond acceptors (Lipinski definition) is 2. The number of carbonyl (C=O) groups excluding carboxylic acids is 1. The highest BCUT2D eigenvalue weighted by Crippen LogP contribution is 2.20. The first-order chi connectivity index (χ1) is 7.22. The van der Waals surface area contributed by atoms with E-state index in [4.69, 9.17) is 5.73 Å². The molecule has 1 amide bonds. The van der Waals surface area contributed by atoms with Gasteiger partial charge in [-0.15, -0.1) is 0 Å². The van der Waals surface area contributed by atoms with Gasteiger partial charge in [0.1, 0.15) is 0 Å². The number of hydrogen-bond donors (Lipinski definition) is 1. The van der Waals surface area contributed by atoms with Crippen LogP contribution in [0.15, 0.2) is 0 Å². The maximum Gasteiger partial charge on any atom is 0.217 e. The van der Waals surface area contributed by atoms with Gasteiger partial charge in [-0.2, -0.15) is 0 Å². The molecule has 15 heavy (non-hydrogen) atoms. The van der Waals surface area contributed by atoms with E-state index in [1.54, 1.807) is 0 Å². The average Bonchev–Trinajstić information content (AvgIpc) is 2.20. The molecule has 3 nitrogen and oxygen atoms in total. The van der Waals surface area contributed by atoms with Crippen molar-refractivity contribution in [3.05, 3.63) is 0 Å². The molecule has 4 heteroatoms. The van der Waals surface area contributed by atoms with Gasteiger partial charge >= 0.3 is 0 Å². The Labute approximate surface area is 101 Å². The Morgan fingerprint density at radius 1 is 1.33 bits per heavy atom. The first-order valence-electron chi connectivity index (χ1n) is 5.79. The van der Waals surface area contributed by atoms with E-state index in [9.17, 15) is 4.79 Å². The van der Waals surface area contributed by atoms with Crippen LogP contribution in [0.2, 0.25) is 0 Å². The van der Waals surface area contributed by atoms with Crippen molar-refractivity contribution in [3.8, 4) is 0 Å². The van der Waals surface area contributed by atoms with Gasteiger partial charge in [0.2, 0.25) is 5.91 Å². The zero-order chi connectivity index (χ0) is 11.1. The minimum atomic E-state index is -0.146. The largest absolute Gasteiger partial charge is 0.370 e. The zero-order valence-electron chi connectivity index (χ0n) is 9.25. The van der Waals surface area contributed by atoms with E-state index in [1.807, 2.05) is 0 Å². The topological polar surface area (TPSA) is 46.3 Å². The summed E-state index contributed by atoms with van der Waals surface area (Å²) in [6.07, 6.45) is 5.37. The molecule has 1 heterocycles. The summed E-state index contributed by atoms with van der Waals surface area (Å²) in [7, 11) is 0. The normalized spacial score (nSPS) is 19.3. The molecular weight excluding hydrogens is 256 g/mol. The molecule has 0 saturated carbocycles. The van der Waals surface area contributed by atoms with Crippen molar-refractivity contribution in [2.45, 2.75) is 32.1 Å². The van der Waals surface area contributed by atoms with Crippen molar-refractivity contribution < 1.29 is 4.79 Å². The van der Waals surface area contributed by atoms with Crippen LogP contribution in [0, 0.1) is 5.92 Å². The van der Waals surface area contributed by atoms with Crippen LogP contribution in [0.1, 0.15) is 32.1 Å². The van der Waals surface area contributed by atoms with E-state index in [0.717, 1.165) is 31.3 Å². The summed E-state index contributed by atoms with van der Waals surface area (Å²) in [5, 5.41) is 1.10. The monoisotopic (exact) mass is 276 g/mol. The second kappa shape index (κ2) is 7.23. The van der Waals surface area contributed by atoms with E-state index in [1.165, 1.54) is 19.4 Å². The predicted molar refractivity (Wildman–Crippen MR) is 66.0 cm³/mol. The van der Waals surface area contributed by atoms with Gasteiger partial charge in [-0.25, -0.2) is 0 Å². The lowest BCUT2D eigenvalue weighted by molar-refractivity contribution is -0.119. The Kier molecular flexibility index (Phi) is 6.25. The van der Waals surface area contributed by atoms with Gasteiger partial charge in [0, 0.05) is 11.8 Å². The molecule has 0 aromatic heterocycles. The predicted octanol–water partition coefficient (Wildman–Crippen LogP) is 1.75. The van der Waals surface area contributed by atoms with Crippen molar-refractivity contribution in [1.29, 1.82) is 0 Å². The van der Waals surface area contributed by atoms with Crippen LogP contribution in [-0.2, 0) is 4.79 Å². The Morgan fingerprint density at radius 3 is 2.53 bits per heavy atom. The Bertz CT molecular complexity index is 191. The highest BCUT2D eigenvalue weighted by atomic mass is 79.9. The van der Waals surface area contributed by atoms with Crippen LogP contribution in [0.5, 0.6) is 0 Å². The molecular formula is C11H21BrN2O. The molecule has 0 bridgehead atoms. The average molecular weight is 277 g/mol. The van der Waals surface area contributed by atoms with Gasteiger partial charge in [-0.1, -0.05) is 15.9 Å². The van der Waals surface area contributed by atoms with Crippen LogP contribution in [0.25, 0.3) is 0 Å². The Hall–Kier alpha value is -0.0900. The van der Waals surface area contributed by atoms with Crippen LogP contribution in [0.3, 0.4) is 0 Å². The molecule has 1 rings (SSSR count). The van der Waals surface area contributed by atoms with E-state index in [0.29, 0.717) is 12.3 Å². The lowest BCUT2D eigenvalue weighted by Gasteiger charge is -2.31. The fourth-order valence-corrected chi connectivity index (χ4v) is 2.53. The number of alkyl halides is 1. The van der Waals surface area contributed by atoms with Crippen LogP contribution in [-0.4, -0.2) is 35.8 Å². The zero-order valence-corrected chi connectivity index (χ0v) is 10.8.